The molecule has 0 saturated carbocycles. The number of fused-ring (bicyclic) bond motifs is 1. The second-order valence-corrected chi connectivity index (χ2v) is 9.37. The Morgan fingerprint density at radius 2 is 1.28 bits per heavy atom. The predicted molar refractivity (Wildman–Crippen MR) is 125 cm³/mol. The Balaban J connectivity index is 1.50. The fraction of sp³-hybridized carbons (Fsp3) is 0.172. The maximum atomic E-state index is 14.1. The third-order valence-electron chi connectivity index (χ3n) is 8.05. The Labute approximate surface area is 186 Å². The van der Waals surface area contributed by atoms with Crippen molar-refractivity contribution in [3.05, 3.63) is 113 Å². The molecule has 32 heavy (non-hydrogen) atoms. The van der Waals surface area contributed by atoms with Crippen LogP contribution in [0.2, 0.25) is 0 Å². The highest BCUT2D eigenvalue weighted by Gasteiger charge is 2.66. The molecular formula is C29H21NO2. The molecule has 1 fully saturated rings. The van der Waals surface area contributed by atoms with Crippen molar-refractivity contribution >= 4 is 28.3 Å². The van der Waals surface area contributed by atoms with Gasteiger partial charge in [-0.1, -0.05) is 91.9 Å². The van der Waals surface area contributed by atoms with Crippen LogP contribution in [0.15, 0.2) is 91.0 Å². The summed E-state index contributed by atoms with van der Waals surface area (Å²) in [7, 11) is 0. The van der Waals surface area contributed by atoms with E-state index in [4.69, 9.17) is 0 Å². The quantitative estimate of drug-likeness (QED) is 0.390. The van der Waals surface area contributed by atoms with E-state index in [1.807, 2.05) is 66.7 Å². The van der Waals surface area contributed by atoms with Crippen LogP contribution in [-0.4, -0.2) is 11.8 Å². The molecule has 0 spiro atoms. The highest BCUT2D eigenvalue weighted by atomic mass is 16.2. The molecule has 3 nitrogen and oxygen atoms in total. The van der Waals surface area contributed by atoms with Gasteiger partial charge in [0.25, 0.3) is 0 Å². The number of amides is 2. The molecule has 1 saturated heterocycles. The number of imide groups is 1. The van der Waals surface area contributed by atoms with Gasteiger partial charge in [-0.25, -0.2) is 4.90 Å². The van der Waals surface area contributed by atoms with Gasteiger partial charge >= 0.3 is 0 Å². The van der Waals surface area contributed by atoms with Crippen molar-refractivity contribution in [1.82, 2.24) is 0 Å². The largest absolute Gasteiger partial charge is 0.274 e. The zero-order chi connectivity index (χ0) is 21.6. The molecular weight excluding hydrogens is 394 g/mol. The molecule has 3 heteroatoms. The van der Waals surface area contributed by atoms with Gasteiger partial charge in [-0.3, -0.25) is 9.59 Å². The van der Waals surface area contributed by atoms with E-state index in [1.54, 1.807) is 0 Å². The first-order chi connectivity index (χ1) is 15.6. The van der Waals surface area contributed by atoms with Crippen LogP contribution in [0.1, 0.15) is 35.1 Å². The van der Waals surface area contributed by atoms with Crippen LogP contribution in [-0.2, 0) is 15.0 Å². The van der Waals surface area contributed by atoms with Crippen LogP contribution >= 0.6 is 0 Å². The highest BCUT2D eigenvalue weighted by molar-refractivity contribution is 6.26. The Bertz CT molecular complexity index is 1420. The molecule has 0 radical (unpaired) electrons. The SMILES string of the molecule is CC12c3ccccc3C(c3ccccc31)[C@@H]1C(=O)N(c3cccc4ccccc34)C(=O)[C@@H]12. The Morgan fingerprint density at radius 1 is 0.688 bits per heavy atom. The van der Waals surface area contributed by atoms with E-state index < -0.39 is 11.3 Å². The lowest BCUT2D eigenvalue weighted by Crippen LogP contribution is -2.51. The molecule has 0 aromatic heterocycles. The third-order valence-corrected chi connectivity index (χ3v) is 8.05. The fourth-order valence-corrected chi connectivity index (χ4v) is 6.79. The van der Waals surface area contributed by atoms with Crippen molar-refractivity contribution in [2.24, 2.45) is 11.8 Å². The molecule has 8 rings (SSSR count). The van der Waals surface area contributed by atoms with Gasteiger partial charge in [-0.05, 0) is 33.7 Å². The smallest absolute Gasteiger partial charge is 0.238 e. The van der Waals surface area contributed by atoms with Crippen molar-refractivity contribution < 1.29 is 9.59 Å². The number of rotatable bonds is 1. The second-order valence-electron chi connectivity index (χ2n) is 9.37. The number of hydrogen-bond donors (Lipinski definition) is 0. The maximum absolute atomic E-state index is 14.1. The number of nitrogens with zero attached hydrogens (tertiary/aromatic N) is 1. The summed E-state index contributed by atoms with van der Waals surface area (Å²) < 4.78 is 0. The van der Waals surface area contributed by atoms with E-state index in [9.17, 15) is 9.59 Å². The lowest BCUT2D eigenvalue weighted by atomic mass is 9.48. The highest BCUT2D eigenvalue weighted by Crippen LogP contribution is 2.64. The molecule has 4 aromatic carbocycles. The average molecular weight is 415 g/mol. The fourth-order valence-electron chi connectivity index (χ4n) is 6.79. The number of anilines is 1. The van der Waals surface area contributed by atoms with Gasteiger partial charge in [0, 0.05) is 16.7 Å². The van der Waals surface area contributed by atoms with Gasteiger partial charge < -0.3 is 0 Å². The van der Waals surface area contributed by atoms with Gasteiger partial charge in [0.1, 0.15) is 0 Å². The Hall–Kier alpha value is -3.72. The minimum atomic E-state index is -0.529. The number of carbonyl (C=O) groups excluding carboxylic acids is 2. The van der Waals surface area contributed by atoms with Gasteiger partial charge in [0.15, 0.2) is 0 Å². The summed E-state index contributed by atoms with van der Waals surface area (Å²) in [6.45, 7) is 2.16. The molecule has 0 N–H and O–H groups in total. The summed E-state index contributed by atoms with van der Waals surface area (Å²) in [5.41, 5.74) is 4.92. The van der Waals surface area contributed by atoms with Gasteiger partial charge in [0.2, 0.25) is 11.8 Å². The van der Waals surface area contributed by atoms with Crippen LogP contribution < -0.4 is 4.90 Å². The Morgan fingerprint density at radius 3 is 2.00 bits per heavy atom. The summed E-state index contributed by atoms with van der Waals surface area (Å²) in [6, 6.07) is 30.6. The summed E-state index contributed by atoms with van der Waals surface area (Å²) in [5.74, 6) is -1.02. The monoisotopic (exact) mass is 415 g/mol. The number of carbonyl (C=O) groups is 2. The van der Waals surface area contributed by atoms with Crippen LogP contribution in [0, 0.1) is 11.8 Å². The summed E-state index contributed by atoms with van der Waals surface area (Å²) >= 11 is 0. The van der Waals surface area contributed by atoms with E-state index in [0.29, 0.717) is 5.69 Å². The first-order valence-corrected chi connectivity index (χ1v) is 11.2. The summed E-state index contributed by atoms with van der Waals surface area (Å²) in [5, 5.41) is 1.96. The van der Waals surface area contributed by atoms with Gasteiger partial charge in [-0.15, -0.1) is 0 Å². The molecule has 2 atom stereocenters. The van der Waals surface area contributed by atoms with Crippen molar-refractivity contribution in [3.63, 3.8) is 0 Å². The molecule has 4 aliphatic rings. The standard InChI is InChI=1S/C29H21NO2/c1-29-21-14-6-4-12-19(21)24(20-13-5-7-15-22(20)29)25-26(29)28(32)30(27(25)31)23-16-8-10-17-9-2-3-11-18(17)23/h2-16,24-26H,1H3/t24?,25-,26+,29?/m0/s1. The van der Waals surface area contributed by atoms with Crippen LogP contribution in [0.4, 0.5) is 5.69 Å². The average Bonchev–Trinajstić information content (AvgIpc) is 3.10. The first-order valence-electron chi connectivity index (χ1n) is 11.2. The minimum Gasteiger partial charge on any atom is -0.274 e. The van der Waals surface area contributed by atoms with E-state index in [1.165, 1.54) is 27.2 Å². The molecule has 1 heterocycles. The first kappa shape index (κ1) is 17.9. The third kappa shape index (κ3) is 1.93. The number of hydrogen-bond acceptors (Lipinski definition) is 2. The minimum absolute atomic E-state index is 0.0726. The molecule has 3 aliphatic carbocycles. The maximum Gasteiger partial charge on any atom is 0.238 e. The molecule has 2 amide bonds. The van der Waals surface area contributed by atoms with Crippen LogP contribution in [0.3, 0.4) is 0 Å². The molecule has 154 valence electrons. The van der Waals surface area contributed by atoms with Crippen LogP contribution in [0.5, 0.6) is 0 Å². The van der Waals surface area contributed by atoms with Crippen LogP contribution in [0.25, 0.3) is 10.8 Å². The van der Waals surface area contributed by atoms with Gasteiger partial charge in [-0.2, -0.15) is 0 Å². The zero-order valence-electron chi connectivity index (χ0n) is 17.7. The lowest BCUT2D eigenvalue weighted by Gasteiger charge is -2.52. The van der Waals surface area contributed by atoms with E-state index in [-0.39, 0.29) is 23.7 Å². The van der Waals surface area contributed by atoms with Crippen molar-refractivity contribution in [2.45, 2.75) is 18.3 Å². The van der Waals surface area contributed by atoms with E-state index in [2.05, 4.69) is 31.2 Å². The normalized spacial score (nSPS) is 27.4. The number of benzene rings is 4. The molecule has 4 aromatic rings. The summed E-state index contributed by atoms with van der Waals surface area (Å²) in [4.78, 5) is 29.7. The van der Waals surface area contributed by atoms with E-state index in [0.717, 1.165) is 10.8 Å². The van der Waals surface area contributed by atoms with Crippen molar-refractivity contribution in [2.75, 3.05) is 4.90 Å². The van der Waals surface area contributed by atoms with E-state index >= 15 is 0 Å². The molecule has 0 unspecified atom stereocenters. The lowest BCUT2D eigenvalue weighted by molar-refractivity contribution is -0.123. The van der Waals surface area contributed by atoms with Crippen molar-refractivity contribution in [1.29, 1.82) is 0 Å². The second kappa shape index (κ2) is 5.95. The zero-order valence-corrected chi connectivity index (χ0v) is 17.7. The topological polar surface area (TPSA) is 37.4 Å². The van der Waals surface area contributed by atoms with Crippen molar-refractivity contribution in [3.8, 4) is 0 Å². The molecule has 2 bridgehead atoms. The Kier molecular flexibility index (Phi) is 3.33. The molecule has 1 aliphatic heterocycles. The summed E-state index contributed by atoms with van der Waals surface area (Å²) in [6.07, 6.45) is 0. The van der Waals surface area contributed by atoms with Gasteiger partial charge in [0.05, 0.1) is 17.5 Å². The predicted octanol–water partition coefficient (Wildman–Crippen LogP) is 5.41.